The molecule has 10 heteroatoms. The van der Waals surface area contributed by atoms with Crippen LogP contribution in [0.25, 0.3) is 0 Å². The van der Waals surface area contributed by atoms with Crippen LogP contribution in [-0.2, 0) is 4.79 Å². The van der Waals surface area contributed by atoms with Crippen molar-refractivity contribution in [3.05, 3.63) is 12.7 Å². The van der Waals surface area contributed by atoms with Gasteiger partial charge in [-0.3, -0.25) is 10.2 Å². The Bertz CT molecular complexity index is 235. The van der Waals surface area contributed by atoms with Gasteiger partial charge < -0.3 is 9.79 Å². The molecule has 0 radical (unpaired) electrons. The molecule has 0 aliphatic heterocycles. The molecule has 0 atom stereocenters. The van der Waals surface area contributed by atoms with E-state index in [2.05, 4.69) is 6.58 Å². The Morgan fingerprint density at radius 1 is 1.53 bits per heavy atom. The van der Waals surface area contributed by atoms with Gasteiger partial charge in [0, 0.05) is 6.54 Å². The van der Waals surface area contributed by atoms with Crippen molar-refractivity contribution in [3.63, 3.8) is 0 Å². The van der Waals surface area contributed by atoms with E-state index in [9.17, 15) is 18.0 Å². The molecular formula is C5H9F3N3O3P. The highest BCUT2D eigenvalue weighted by Gasteiger charge is 2.39. The molecule has 0 saturated heterocycles. The number of rotatable bonds is 5. The average molecular weight is 247 g/mol. The first kappa shape index (κ1) is 14.3. The monoisotopic (exact) mass is 247 g/mol. The summed E-state index contributed by atoms with van der Waals surface area (Å²) < 4.78 is 35.6. The second-order valence-electron chi connectivity index (χ2n) is 2.20. The van der Waals surface area contributed by atoms with Gasteiger partial charge in [-0.2, -0.15) is 23.5 Å². The van der Waals surface area contributed by atoms with Gasteiger partial charge >= 0.3 is 12.1 Å². The predicted molar refractivity (Wildman–Crippen MR) is 45.6 cm³/mol. The minimum absolute atomic E-state index is 0.156. The van der Waals surface area contributed by atoms with Crippen LogP contribution in [0.3, 0.4) is 0 Å². The zero-order valence-corrected chi connectivity index (χ0v) is 8.22. The third kappa shape index (κ3) is 5.65. The predicted octanol–water partition coefficient (Wildman–Crippen LogP) is -0.216. The van der Waals surface area contributed by atoms with Crippen molar-refractivity contribution in [1.29, 1.82) is 0 Å². The van der Waals surface area contributed by atoms with E-state index in [0.717, 1.165) is 0 Å². The molecule has 0 aromatic carbocycles. The van der Waals surface area contributed by atoms with Crippen molar-refractivity contribution in [3.8, 4) is 0 Å². The molecule has 0 spiro atoms. The Morgan fingerprint density at radius 3 is 2.40 bits per heavy atom. The second kappa shape index (κ2) is 5.99. The summed E-state index contributed by atoms with van der Waals surface area (Å²) >= 11 is 0. The molecule has 6 nitrogen and oxygen atoms in total. The van der Waals surface area contributed by atoms with Gasteiger partial charge in [0.05, 0.1) is 0 Å². The number of hydrazine groups is 2. The van der Waals surface area contributed by atoms with E-state index in [1.807, 2.05) is 0 Å². The number of alkyl halides is 3. The highest BCUT2D eigenvalue weighted by Crippen LogP contribution is 2.26. The molecule has 0 bridgehead atoms. The normalized spacial score (nSPS) is 11.9. The van der Waals surface area contributed by atoms with Crippen molar-refractivity contribution in [1.82, 2.24) is 15.7 Å². The summed E-state index contributed by atoms with van der Waals surface area (Å²) in [6, 6.07) is 0. The van der Waals surface area contributed by atoms with Crippen LogP contribution in [0.15, 0.2) is 12.7 Å². The van der Waals surface area contributed by atoms with Crippen LogP contribution in [0.1, 0.15) is 0 Å². The molecule has 0 aliphatic carbocycles. The number of halogens is 3. The minimum Gasteiger partial charge on any atom is -0.337 e. The van der Waals surface area contributed by atoms with Crippen LogP contribution in [0.5, 0.6) is 0 Å². The lowest BCUT2D eigenvalue weighted by molar-refractivity contribution is -0.175. The zero-order valence-electron chi connectivity index (χ0n) is 7.32. The van der Waals surface area contributed by atoms with E-state index < -0.39 is 20.6 Å². The number of amides is 1. The lowest BCUT2D eigenvalue weighted by Crippen LogP contribution is -2.51. The summed E-state index contributed by atoms with van der Waals surface area (Å²) in [5.41, 5.74) is 2.95. The molecule has 0 saturated carbocycles. The Hall–Kier alpha value is -0.730. The van der Waals surface area contributed by atoms with Crippen LogP contribution in [0, 0.1) is 0 Å². The van der Waals surface area contributed by atoms with Crippen molar-refractivity contribution < 1.29 is 27.8 Å². The largest absolute Gasteiger partial charge is 0.472 e. The van der Waals surface area contributed by atoms with E-state index >= 15 is 0 Å². The second-order valence-corrected chi connectivity index (χ2v) is 3.22. The minimum atomic E-state index is -5.04. The van der Waals surface area contributed by atoms with Crippen LogP contribution in [0.4, 0.5) is 13.2 Å². The van der Waals surface area contributed by atoms with Gasteiger partial charge in [0.2, 0.25) is 0 Å². The molecule has 88 valence electrons. The number of carbonyl (C=O) groups is 1. The maximum Gasteiger partial charge on any atom is 0.472 e. The van der Waals surface area contributed by atoms with E-state index in [1.54, 1.807) is 5.53 Å². The van der Waals surface area contributed by atoms with E-state index in [-0.39, 0.29) is 6.54 Å². The van der Waals surface area contributed by atoms with Crippen LogP contribution in [0.2, 0.25) is 0 Å². The fraction of sp³-hybridized carbons (Fsp3) is 0.400. The summed E-state index contributed by atoms with van der Waals surface area (Å²) in [5, 5.41) is 0. The Morgan fingerprint density at radius 2 is 2.07 bits per heavy atom. The third-order valence-corrected chi connectivity index (χ3v) is 1.77. The molecule has 0 unspecified atom stereocenters. The summed E-state index contributed by atoms with van der Waals surface area (Å²) in [6.45, 7) is 3.07. The first-order valence-corrected chi connectivity index (χ1v) is 4.68. The lowest BCUT2D eigenvalue weighted by Gasteiger charge is -2.22. The topological polar surface area (TPSA) is 84.8 Å². The van der Waals surface area contributed by atoms with E-state index in [4.69, 9.17) is 9.79 Å². The summed E-state index contributed by atoms with van der Waals surface area (Å²) in [4.78, 5) is 27.6. The van der Waals surface area contributed by atoms with Crippen molar-refractivity contribution in [2.24, 2.45) is 0 Å². The van der Waals surface area contributed by atoms with Crippen LogP contribution < -0.4 is 11.0 Å². The standard InChI is InChI=1S/C5H9F3N3O3P/c1-2-3-11(15(13)14)10-9-4(12)5(6,7)8/h2,10,13-14H,1,3H2,(H,9,12). The fourth-order valence-corrected chi connectivity index (χ4v) is 0.873. The third-order valence-electron chi connectivity index (χ3n) is 1.07. The van der Waals surface area contributed by atoms with Gasteiger partial charge in [-0.25, -0.2) is 0 Å². The molecule has 0 rings (SSSR count). The van der Waals surface area contributed by atoms with Crippen LogP contribution >= 0.6 is 8.53 Å². The number of hydrogen-bond donors (Lipinski definition) is 4. The molecular weight excluding hydrogens is 238 g/mol. The van der Waals surface area contributed by atoms with Gasteiger partial charge in [-0.1, -0.05) is 6.08 Å². The van der Waals surface area contributed by atoms with Gasteiger partial charge in [-0.05, 0) is 0 Å². The number of carbonyl (C=O) groups excluding carboxylic acids is 1. The van der Waals surface area contributed by atoms with Crippen molar-refractivity contribution in [2.45, 2.75) is 6.18 Å². The highest BCUT2D eigenvalue weighted by atomic mass is 31.2. The molecule has 15 heavy (non-hydrogen) atoms. The molecule has 0 heterocycles. The summed E-state index contributed by atoms with van der Waals surface area (Å²) in [5.74, 6) is -2.24. The lowest BCUT2D eigenvalue weighted by atomic mass is 10.6. The fourth-order valence-electron chi connectivity index (χ4n) is 0.472. The summed E-state index contributed by atoms with van der Waals surface area (Å²) in [6.07, 6.45) is -3.84. The summed E-state index contributed by atoms with van der Waals surface area (Å²) in [7, 11) is -2.67. The van der Waals surface area contributed by atoms with Gasteiger partial charge in [-0.15, -0.1) is 6.58 Å². The van der Waals surface area contributed by atoms with Gasteiger partial charge in [0.15, 0.2) is 0 Å². The zero-order chi connectivity index (χ0) is 12.1. The molecule has 4 N–H and O–H groups in total. The molecule has 0 aliphatic rings. The maximum absolute atomic E-state index is 11.7. The van der Waals surface area contributed by atoms with Crippen molar-refractivity contribution >= 4 is 14.4 Å². The maximum atomic E-state index is 11.7. The van der Waals surface area contributed by atoms with Crippen molar-refractivity contribution in [2.75, 3.05) is 6.54 Å². The average Bonchev–Trinajstić information content (AvgIpc) is 2.09. The quantitative estimate of drug-likeness (QED) is 0.307. The Labute approximate surface area is 84.3 Å². The molecule has 0 fully saturated rings. The van der Waals surface area contributed by atoms with Gasteiger partial charge in [0.1, 0.15) is 0 Å². The first-order valence-electron chi connectivity index (χ1n) is 3.48. The molecule has 0 aromatic rings. The Kier molecular flexibility index (Phi) is 5.69. The number of nitrogens with zero attached hydrogens (tertiary/aromatic N) is 1. The van der Waals surface area contributed by atoms with Gasteiger partial charge in [0.25, 0.3) is 8.53 Å². The first-order chi connectivity index (χ1) is 6.79. The SMILES string of the molecule is C=CCN(NNC(=O)C(F)(F)F)P(O)O. The smallest absolute Gasteiger partial charge is 0.337 e. The van der Waals surface area contributed by atoms with Crippen LogP contribution in [-0.4, -0.2) is 33.2 Å². The highest BCUT2D eigenvalue weighted by molar-refractivity contribution is 7.42. The number of nitrogens with one attached hydrogen (secondary N) is 2. The van der Waals surface area contributed by atoms with E-state index in [0.29, 0.717) is 4.78 Å². The van der Waals surface area contributed by atoms with E-state index in [1.165, 1.54) is 11.5 Å². The Balaban J connectivity index is 4.11. The molecule has 1 amide bonds. The number of hydrogen-bond acceptors (Lipinski definition) is 5. The molecule has 0 aromatic heterocycles.